The van der Waals surface area contributed by atoms with E-state index in [9.17, 15) is 12.8 Å². The van der Waals surface area contributed by atoms with Crippen LogP contribution in [-0.2, 0) is 10.0 Å². The van der Waals surface area contributed by atoms with Crippen LogP contribution in [0, 0.1) is 5.82 Å². The van der Waals surface area contributed by atoms with E-state index in [-0.39, 0.29) is 24.1 Å². The van der Waals surface area contributed by atoms with Crippen LogP contribution in [0.4, 0.5) is 4.39 Å². The highest BCUT2D eigenvalue weighted by Crippen LogP contribution is 2.20. The second-order valence-electron chi connectivity index (χ2n) is 3.90. The summed E-state index contributed by atoms with van der Waals surface area (Å²) in [6.45, 7) is 1.94. The summed E-state index contributed by atoms with van der Waals surface area (Å²) in [5.41, 5.74) is 0.384. The number of hydrogen-bond donors (Lipinski definition) is 3. The monoisotopic (exact) mass is 276 g/mol. The first-order chi connectivity index (χ1) is 8.35. The smallest absolute Gasteiger partial charge is 0.212 e. The standard InChI is InChI=1S/C11H17FN2O3S/c1-8(14-5-6-18(16,17)13-2)10-4-3-9(15)7-11(10)12/h3-4,7-8,13-15H,5-6H2,1-2H3. The zero-order chi connectivity index (χ0) is 13.8. The zero-order valence-electron chi connectivity index (χ0n) is 10.3. The first-order valence-electron chi connectivity index (χ1n) is 5.49. The maximum Gasteiger partial charge on any atom is 0.212 e. The van der Waals surface area contributed by atoms with Crippen LogP contribution >= 0.6 is 0 Å². The molecule has 7 heteroatoms. The lowest BCUT2D eigenvalue weighted by atomic mass is 10.1. The SMILES string of the molecule is CNS(=O)(=O)CCNC(C)c1ccc(O)cc1F. The van der Waals surface area contributed by atoms with Crippen molar-refractivity contribution in [2.24, 2.45) is 0 Å². The topological polar surface area (TPSA) is 78.4 Å². The largest absolute Gasteiger partial charge is 0.508 e. The third kappa shape index (κ3) is 4.25. The van der Waals surface area contributed by atoms with Crippen molar-refractivity contribution in [1.82, 2.24) is 10.0 Å². The summed E-state index contributed by atoms with van der Waals surface area (Å²) in [7, 11) is -1.91. The molecule has 1 atom stereocenters. The predicted octanol–water partition coefficient (Wildman–Crippen LogP) is 0.731. The Hall–Kier alpha value is -1.18. The Kier molecular flexibility index (Phi) is 5.06. The van der Waals surface area contributed by atoms with Gasteiger partial charge >= 0.3 is 0 Å². The van der Waals surface area contributed by atoms with E-state index in [0.717, 1.165) is 6.07 Å². The average Bonchev–Trinajstić information content (AvgIpc) is 2.28. The molecule has 0 heterocycles. The van der Waals surface area contributed by atoms with Crippen LogP contribution in [0.25, 0.3) is 0 Å². The Bertz CT molecular complexity index is 505. The summed E-state index contributed by atoms with van der Waals surface area (Å²) < 4.78 is 38.0. The summed E-state index contributed by atoms with van der Waals surface area (Å²) >= 11 is 0. The average molecular weight is 276 g/mol. The fraction of sp³-hybridized carbons (Fsp3) is 0.455. The second-order valence-corrected chi connectivity index (χ2v) is 5.95. The van der Waals surface area contributed by atoms with Gasteiger partial charge in [0.25, 0.3) is 0 Å². The number of benzene rings is 1. The van der Waals surface area contributed by atoms with Crippen molar-refractivity contribution in [3.05, 3.63) is 29.6 Å². The maximum atomic E-state index is 13.5. The predicted molar refractivity (Wildman–Crippen MR) is 67.3 cm³/mol. The molecule has 102 valence electrons. The van der Waals surface area contributed by atoms with Crippen LogP contribution in [-0.4, -0.2) is 32.9 Å². The van der Waals surface area contributed by atoms with Gasteiger partial charge in [0.2, 0.25) is 10.0 Å². The van der Waals surface area contributed by atoms with Gasteiger partial charge in [-0.05, 0) is 20.0 Å². The molecule has 0 aromatic heterocycles. The summed E-state index contributed by atoms with van der Waals surface area (Å²) in [6.07, 6.45) is 0. The molecular formula is C11H17FN2O3S. The number of phenolic OH excluding ortho intramolecular Hbond substituents is 1. The van der Waals surface area contributed by atoms with E-state index < -0.39 is 15.8 Å². The lowest BCUT2D eigenvalue weighted by Gasteiger charge is -2.15. The van der Waals surface area contributed by atoms with Gasteiger partial charge in [0.05, 0.1) is 5.75 Å². The van der Waals surface area contributed by atoms with Crippen molar-refractivity contribution >= 4 is 10.0 Å². The number of hydrogen-bond acceptors (Lipinski definition) is 4. The van der Waals surface area contributed by atoms with Gasteiger partial charge in [-0.2, -0.15) is 0 Å². The van der Waals surface area contributed by atoms with Crippen molar-refractivity contribution in [2.45, 2.75) is 13.0 Å². The van der Waals surface area contributed by atoms with Gasteiger partial charge in [0.15, 0.2) is 0 Å². The van der Waals surface area contributed by atoms with Crippen LogP contribution in [0.1, 0.15) is 18.5 Å². The van der Waals surface area contributed by atoms with Gasteiger partial charge in [-0.25, -0.2) is 17.5 Å². The molecule has 1 rings (SSSR count). The quantitative estimate of drug-likeness (QED) is 0.716. The van der Waals surface area contributed by atoms with E-state index in [2.05, 4.69) is 10.0 Å². The molecule has 0 aliphatic carbocycles. The molecule has 0 bridgehead atoms. The van der Waals surface area contributed by atoms with Crippen molar-refractivity contribution in [1.29, 1.82) is 0 Å². The van der Waals surface area contributed by atoms with E-state index in [4.69, 9.17) is 5.11 Å². The van der Waals surface area contributed by atoms with Gasteiger partial charge in [-0.15, -0.1) is 0 Å². The Morgan fingerprint density at radius 3 is 2.67 bits per heavy atom. The van der Waals surface area contributed by atoms with E-state index in [1.807, 2.05) is 0 Å². The molecule has 0 radical (unpaired) electrons. The van der Waals surface area contributed by atoms with Crippen molar-refractivity contribution in [3.63, 3.8) is 0 Å². The van der Waals surface area contributed by atoms with E-state index in [0.29, 0.717) is 5.56 Å². The highest BCUT2D eigenvalue weighted by atomic mass is 32.2. The van der Waals surface area contributed by atoms with E-state index in [1.165, 1.54) is 19.2 Å². The van der Waals surface area contributed by atoms with Crippen molar-refractivity contribution in [2.75, 3.05) is 19.3 Å². The fourth-order valence-corrected chi connectivity index (χ4v) is 2.08. The minimum Gasteiger partial charge on any atom is -0.508 e. The van der Waals surface area contributed by atoms with Crippen LogP contribution < -0.4 is 10.0 Å². The molecule has 0 saturated heterocycles. The number of sulfonamides is 1. The first-order valence-corrected chi connectivity index (χ1v) is 7.14. The highest BCUT2D eigenvalue weighted by molar-refractivity contribution is 7.89. The van der Waals surface area contributed by atoms with Gasteiger partial charge in [0.1, 0.15) is 11.6 Å². The van der Waals surface area contributed by atoms with Crippen molar-refractivity contribution < 1.29 is 17.9 Å². The molecule has 0 amide bonds. The number of phenols is 1. The highest BCUT2D eigenvalue weighted by Gasteiger charge is 2.12. The first kappa shape index (κ1) is 14.9. The molecule has 0 fully saturated rings. The summed E-state index contributed by atoms with van der Waals surface area (Å²) in [5.74, 6) is -0.735. The molecule has 1 unspecified atom stereocenters. The second kappa shape index (κ2) is 6.12. The Morgan fingerprint density at radius 1 is 1.44 bits per heavy atom. The third-order valence-corrected chi connectivity index (χ3v) is 3.95. The normalized spacial score (nSPS) is 13.5. The molecular weight excluding hydrogens is 259 g/mol. The zero-order valence-corrected chi connectivity index (χ0v) is 11.1. The fourth-order valence-electron chi connectivity index (χ4n) is 1.49. The molecule has 0 aliphatic heterocycles. The summed E-state index contributed by atoms with van der Waals surface area (Å²) in [4.78, 5) is 0. The molecule has 1 aromatic carbocycles. The lowest BCUT2D eigenvalue weighted by Crippen LogP contribution is -2.31. The molecule has 0 saturated carbocycles. The molecule has 18 heavy (non-hydrogen) atoms. The minimum atomic E-state index is -3.26. The Morgan fingerprint density at radius 2 is 2.11 bits per heavy atom. The van der Waals surface area contributed by atoms with Crippen LogP contribution in [0.2, 0.25) is 0 Å². The Balaban J connectivity index is 2.58. The molecule has 0 spiro atoms. The van der Waals surface area contributed by atoms with Crippen LogP contribution in [0.15, 0.2) is 18.2 Å². The summed E-state index contributed by atoms with van der Waals surface area (Å²) in [6, 6.07) is 3.55. The van der Waals surface area contributed by atoms with E-state index >= 15 is 0 Å². The number of aromatic hydroxyl groups is 1. The number of nitrogens with one attached hydrogen (secondary N) is 2. The maximum absolute atomic E-state index is 13.5. The Labute approximate surface area is 106 Å². The third-order valence-electron chi connectivity index (χ3n) is 2.58. The van der Waals surface area contributed by atoms with E-state index in [1.54, 1.807) is 6.92 Å². The van der Waals surface area contributed by atoms with Gasteiger partial charge in [0, 0.05) is 24.2 Å². The van der Waals surface area contributed by atoms with Crippen LogP contribution in [0.5, 0.6) is 5.75 Å². The van der Waals surface area contributed by atoms with Gasteiger partial charge in [-0.1, -0.05) is 6.07 Å². The molecule has 5 nitrogen and oxygen atoms in total. The lowest BCUT2D eigenvalue weighted by molar-refractivity contribution is 0.464. The van der Waals surface area contributed by atoms with Crippen molar-refractivity contribution in [3.8, 4) is 5.75 Å². The molecule has 0 aliphatic rings. The minimum absolute atomic E-state index is 0.0759. The number of rotatable bonds is 6. The van der Waals surface area contributed by atoms with Gasteiger partial charge in [-0.3, -0.25) is 0 Å². The number of halogens is 1. The van der Waals surface area contributed by atoms with Crippen LogP contribution in [0.3, 0.4) is 0 Å². The molecule has 1 aromatic rings. The van der Waals surface area contributed by atoms with Gasteiger partial charge < -0.3 is 10.4 Å². The molecule has 3 N–H and O–H groups in total. The summed E-state index contributed by atoms with van der Waals surface area (Å²) in [5, 5.41) is 12.0.